The fourth-order valence-corrected chi connectivity index (χ4v) is 1.70. The highest BCUT2D eigenvalue weighted by Crippen LogP contribution is 2.17. The van der Waals surface area contributed by atoms with Gasteiger partial charge in [0.1, 0.15) is 0 Å². The van der Waals surface area contributed by atoms with Crippen LogP contribution in [0.5, 0.6) is 0 Å². The van der Waals surface area contributed by atoms with Crippen LogP contribution < -0.4 is 5.73 Å². The number of nitrogens with two attached hydrogens (primary N) is 1. The molecule has 2 heterocycles. The Hall–Kier alpha value is -1.39. The van der Waals surface area contributed by atoms with Crippen LogP contribution in [0.2, 0.25) is 5.02 Å². The Balaban J connectivity index is 2.38. The lowest BCUT2D eigenvalue weighted by Crippen LogP contribution is -2.06. The minimum atomic E-state index is 0.324. The molecule has 0 aliphatic rings. The molecule has 0 unspecified atom stereocenters. The minimum absolute atomic E-state index is 0.324. The SMILES string of the molecule is CC(C)c1ccn(-c2ccc(Cl)c(CN)n2)n1. The number of rotatable bonds is 3. The molecule has 5 heteroatoms. The largest absolute Gasteiger partial charge is 0.325 e. The average molecular weight is 251 g/mol. The number of halogens is 1. The molecule has 0 fully saturated rings. The standard InChI is InChI=1S/C12H15ClN4/c1-8(2)10-5-6-17(16-10)12-4-3-9(13)11(7-14)15-12/h3-6,8H,7,14H2,1-2H3. The number of pyridine rings is 1. The highest BCUT2D eigenvalue weighted by Gasteiger charge is 2.07. The molecule has 17 heavy (non-hydrogen) atoms. The quantitative estimate of drug-likeness (QED) is 0.911. The second-order valence-electron chi connectivity index (χ2n) is 4.14. The van der Waals surface area contributed by atoms with E-state index in [1.54, 1.807) is 10.7 Å². The number of hydrogen-bond donors (Lipinski definition) is 1. The van der Waals surface area contributed by atoms with Crippen molar-refractivity contribution in [2.24, 2.45) is 5.73 Å². The lowest BCUT2D eigenvalue weighted by molar-refractivity contribution is 0.753. The Morgan fingerprint density at radius 2 is 2.12 bits per heavy atom. The molecule has 0 radical (unpaired) electrons. The highest BCUT2D eigenvalue weighted by molar-refractivity contribution is 6.31. The first-order valence-corrected chi connectivity index (χ1v) is 5.91. The molecule has 4 nitrogen and oxygen atoms in total. The van der Waals surface area contributed by atoms with E-state index in [0.717, 1.165) is 11.5 Å². The maximum Gasteiger partial charge on any atom is 0.153 e. The molecule has 0 saturated carbocycles. The molecule has 2 rings (SSSR count). The Morgan fingerprint density at radius 1 is 1.35 bits per heavy atom. The molecular formula is C12H15ClN4. The summed E-state index contributed by atoms with van der Waals surface area (Å²) in [6.07, 6.45) is 1.89. The van der Waals surface area contributed by atoms with Crippen molar-refractivity contribution in [2.75, 3.05) is 0 Å². The van der Waals surface area contributed by atoms with Crippen molar-refractivity contribution in [1.29, 1.82) is 0 Å². The summed E-state index contributed by atoms with van der Waals surface area (Å²) in [6, 6.07) is 5.62. The van der Waals surface area contributed by atoms with Gasteiger partial charge in [0.05, 0.1) is 16.4 Å². The maximum absolute atomic E-state index is 5.97. The molecule has 0 atom stereocenters. The monoisotopic (exact) mass is 250 g/mol. The van der Waals surface area contributed by atoms with Crippen LogP contribution in [-0.4, -0.2) is 14.8 Å². The van der Waals surface area contributed by atoms with Gasteiger partial charge in [0.2, 0.25) is 0 Å². The fourth-order valence-electron chi connectivity index (χ4n) is 1.52. The van der Waals surface area contributed by atoms with E-state index in [4.69, 9.17) is 17.3 Å². The summed E-state index contributed by atoms with van der Waals surface area (Å²) in [5.41, 5.74) is 7.30. The summed E-state index contributed by atoms with van der Waals surface area (Å²) < 4.78 is 1.74. The maximum atomic E-state index is 5.97. The van der Waals surface area contributed by atoms with Crippen LogP contribution in [0.15, 0.2) is 24.4 Å². The van der Waals surface area contributed by atoms with Gasteiger partial charge in [-0.25, -0.2) is 9.67 Å². The van der Waals surface area contributed by atoms with Gasteiger partial charge in [0, 0.05) is 12.7 Å². The molecule has 2 aromatic heterocycles. The van der Waals surface area contributed by atoms with Crippen LogP contribution in [-0.2, 0) is 6.54 Å². The summed E-state index contributed by atoms with van der Waals surface area (Å²) in [5.74, 6) is 1.14. The molecular weight excluding hydrogens is 236 g/mol. The van der Waals surface area contributed by atoms with Crippen molar-refractivity contribution in [3.05, 3.63) is 40.8 Å². The minimum Gasteiger partial charge on any atom is -0.325 e. The van der Waals surface area contributed by atoms with Crippen LogP contribution in [0.3, 0.4) is 0 Å². The first-order chi connectivity index (χ1) is 8.11. The molecule has 0 aliphatic carbocycles. The lowest BCUT2D eigenvalue weighted by atomic mass is 10.1. The van der Waals surface area contributed by atoms with Gasteiger partial charge < -0.3 is 5.73 Å². The zero-order valence-electron chi connectivity index (χ0n) is 9.89. The predicted molar refractivity (Wildman–Crippen MR) is 68.3 cm³/mol. The van der Waals surface area contributed by atoms with Crippen molar-refractivity contribution in [1.82, 2.24) is 14.8 Å². The van der Waals surface area contributed by atoms with Crippen LogP contribution in [0.4, 0.5) is 0 Å². The van der Waals surface area contributed by atoms with E-state index in [-0.39, 0.29) is 0 Å². The Labute approximate surface area is 105 Å². The van der Waals surface area contributed by atoms with E-state index < -0.39 is 0 Å². The van der Waals surface area contributed by atoms with Crippen LogP contribution in [0, 0.1) is 0 Å². The van der Waals surface area contributed by atoms with Crippen LogP contribution in [0.25, 0.3) is 5.82 Å². The van der Waals surface area contributed by atoms with Crippen molar-refractivity contribution in [2.45, 2.75) is 26.3 Å². The van der Waals surface area contributed by atoms with Gasteiger partial charge in [-0.15, -0.1) is 0 Å². The third-order valence-corrected chi connectivity index (χ3v) is 2.88. The number of aromatic nitrogens is 3. The van der Waals surface area contributed by atoms with E-state index in [1.165, 1.54) is 0 Å². The molecule has 0 spiro atoms. The van der Waals surface area contributed by atoms with Gasteiger partial charge in [-0.3, -0.25) is 0 Å². The average Bonchev–Trinajstić information content (AvgIpc) is 2.79. The number of hydrogen-bond acceptors (Lipinski definition) is 3. The van der Waals surface area contributed by atoms with Gasteiger partial charge >= 0.3 is 0 Å². The Morgan fingerprint density at radius 3 is 2.71 bits per heavy atom. The summed E-state index contributed by atoms with van der Waals surface area (Å²) in [7, 11) is 0. The van der Waals surface area contributed by atoms with Crippen LogP contribution in [0.1, 0.15) is 31.2 Å². The van der Waals surface area contributed by atoms with E-state index >= 15 is 0 Å². The van der Waals surface area contributed by atoms with Gasteiger partial charge in [-0.2, -0.15) is 5.10 Å². The van der Waals surface area contributed by atoms with Crippen LogP contribution >= 0.6 is 11.6 Å². The molecule has 0 bridgehead atoms. The van der Waals surface area contributed by atoms with E-state index in [2.05, 4.69) is 23.9 Å². The smallest absolute Gasteiger partial charge is 0.153 e. The molecule has 0 saturated heterocycles. The highest BCUT2D eigenvalue weighted by atomic mass is 35.5. The molecule has 90 valence electrons. The first kappa shape index (κ1) is 12.1. The van der Waals surface area contributed by atoms with Crippen molar-refractivity contribution in [3.8, 4) is 5.82 Å². The second-order valence-corrected chi connectivity index (χ2v) is 4.55. The van der Waals surface area contributed by atoms with E-state index in [0.29, 0.717) is 23.2 Å². The van der Waals surface area contributed by atoms with Crippen molar-refractivity contribution >= 4 is 11.6 Å². The second kappa shape index (κ2) is 4.85. The third-order valence-electron chi connectivity index (χ3n) is 2.53. The van der Waals surface area contributed by atoms with E-state index in [9.17, 15) is 0 Å². The topological polar surface area (TPSA) is 56.7 Å². The number of nitrogens with zero attached hydrogens (tertiary/aromatic N) is 3. The van der Waals surface area contributed by atoms with Crippen molar-refractivity contribution in [3.63, 3.8) is 0 Å². The summed E-state index contributed by atoms with van der Waals surface area (Å²) in [5, 5.41) is 5.05. The van der Waals surface area contributed by atoms with Gasteiger partial charge in [0.25, 0.3) is 0 Å². The molecule has 2 aromatic rings. The Kier molecular flexibility index (Phi) is 3.45. The summed E-state index contributed by atoms with van der Waals surface area (Å²) in [4.78, 5) is 4.38. The zero-order chi connectivity index (χ0) is 12.4. The lowest BCUT2D eigenvalue weighted by Gasteiger charge is -2.05. The van der Waals surface area contributed by atoms with Gasteiger partial charge in [0.15, 0.2) is 5.82 Å². The fraction of sp³-hybridized carbons (Fsp3) is 0.333. The zero-order valence-corrected chi connectivity index (χ0v) is 10.6. The van der Waals surface area contributed by atoms with Crippen molar-refractivity contribution < 1.29 is 0 Å². The first-order valence-electron chi connectivity index (χ1n) is 5.53. The Bertz CT molecular complexity index is 519. The molecule has 0 amide bonds. The van der Waals surface area contributed by atoms with E-state index in [1.807, 2.05) is 18.3 Å². The van der Waals surface area contributed by atoms with Gasteiger partial charge in [-0.1, -0.05) is 25.4 Å². The third kappa shape index (κ3) is 2.48. The normalized spacial score (nSPS) is 11.1. The molecule has 0 aromatic carbocycles. The van der Waals surface area contributed by atoms with Gasteiger partial charge in [-0.05, 0) is 24.1 Å². The summed E-state index contributed by atoms with van der Waals surface area (Å²) >= 11 is 5.97. The summed E-state index contributed by atoms with van der Waals surface area (Å²) in [6.45, 7) is 4.53. The molecule has 2 N–H and O–H groups in total. The molecule has 0 aliphatic heterocycles. The predicted octanol–water partition coefficient (Wildman–Crippen LogP) is 2.50.